The molecule has 0 aromatic heterocycles. The SMILES string of the molecule is CC1(CCc2ccccc2)NC(=O)N(NC(=O)c2ccc3c(c2)CCCN3S(C)(=O)=O)C1=O. The van der Waals surface area contributed by atoms with Crippen molar-refractivity contribution < 1.29 is 22.8 Å². The molecule has 0 aliphatic carbocycles. The Hall–Kier alpha value is -3.40. The van der Waals surface area contributed by atoms with Crippen LogP contribution in [0.5, 0.6) is 0 Å². The molecule has 1 saturated heterocycles. The van der Waals surface area contributed by atoms with Gasteiger partial charge in [0.05, 0.1) is 11.9 Å². The van der Waals surface area contributed by atoms with E-state index in [4.69, 9.17) is 0 Å². The number of aryl methyl sites for hydroxylation is 2. The summed E-state index contributed by atoms with van der Waals surface area (Å²) in [5.74, 6) is -1.15. The smallest absolute Gasteiger partial charge is 0.322 e. The van der Waals surface area contributed by atoms with E-state index in [0.717, 1.165) is 22.4 Å². The van der Waals surface area contributed by atoms with Crippen LogP contribution in [-0.4, -0.2) is 49.6 Å². The molecular formula is C23H26N4O5S. The van der Waals surface area contributed by atoms with Crippen molar-refractivity contribution in [3.63, 3.8) is 0 Å². The quantitative estimate of drug-likeness (QED) is 0.627. The van der Waals surface area contributed by atoms with E-state index in [1.807, 2.05) is 30.3 Å². The van der Waals surface area contributed by atoms with Crippen molar-refractivity contribution in [2.24, 2.45) is 0 Å². The largest absolute Gasteiger partial charge is 0.344 e. The second-order valence-electron chi connectivity index (χ2n) is 8.61. The van der Waals surface area contributed by atoms with Crippen LogP contribution in [0.15, 0.2) is 48.5 Å². The summed E-state index contributed by atoms with van der Waals surface area (Å²) in [6.45, 7) is 2.03. The molecule has 0 bridgehead atoms. The molecular weight excluding hydrogens is 444 g/mol. The Balaban J connectivity index is 1.47. The first-order chi connectivity index (χ1) is 15.6. The Kier molecular flexibility index (Phi) is 5.87. The van der Waals surface area contributed by atoms with Crippen molar-refractivity contribution in [2.45, 2.75) is 38.1 Å². The van der Waals surface area contributed by atoms with Gasteiger partial charge in [0.15, 0.2) is 0 Å². The Labute approximate surface area is 192 Å². The van der Waals surface area contributed by atoms with Crippen molar-refractivity contribution in [1.29, 1.82) is 0 Å². The molecule has 2 aromatic carbocycles. The zero-order valence-electron chi connectivity index (χ0n) is 18.5. The predicted octanol–water partition coefficient (Wildman–Crippen LogP) is 1.99. The van der Waals surface area contributed by atoms with Crippen molar-refractivity contribution >= 4 is 33.6 Å². The minimum absolute atomic E-state index is 0.239. The molecule has 1 fully saturated rings. The number of sulfonamides is 1. The molecule has 0 radical (unpaired) electrons. The summed E-state index contributed by atoms with van der Waals surface area (Å²) in [7, 11) is -3.42. The highest BCUT2D eigenvalue weighted by Crippen LogP contribution is 2.30. The average molecular weight is 471 g/mol. The average Bonchev–Trinajstić information content (AvgIpc) is 3.00. The molecule has 10 heteroatoms. The van der Waals surface area contributed by atoms with Gasteiger partial charge in [0.1, 0.15) is 5.54 Å². The number of rotatable bonds is 6. The zero-order valence-corrected chi connectivity index (χ0v) is 19.3. The number of benzene rings is 2. The first kappa shape index (κ1) is 22.8. The van der Waals surface area contributed by atoms with Gasteiger partial charge >= 0.3 is 6.03 Å². The maximum atomic E-state index is 13.0. The van der Waals surface area contributed by atoms with Crippen molar-refractivity contribution in [1.82, 2.24) is 15.8 Å². The summed E-state index contributed by atoms with van der Waals surface area (Å²) in [6.07, 6.45) is 3.39. The molecule has 33 heavy (non-hydrogen) atoms. The lowest BCUT2D eigenvalue weighted by atomic mass is 9.93. The van der Waals surface area contributed by atoms with E-state index in [0.29, 0.717) is 37.9 Å². The van der Waals surface area contributed by atoms with Gasteiger partial charge < -0.3 is 5.32 Å². The number of hydrazine groups is 1. The third-order valence-electron chi connectivity index (χ3n) is 6.05. The lowest BCUT2D eigenvalue weighted by Gasteiger charge is -2.29. The van der Waals surface area contributed by atoms with Crippen LogP contribution in [-0.2, 0) is 27.7 Å². The number of imide groups is 1. The molecule has 2 N–H and O–H groups in total. The molecule has 1 atom stereocenters. The highest BCUT2D eigenvalue weighted by atomic mass is 32.2. The minimum Gasteiger partial charge on any atom is -0.322 e. The van der Waals surface area contributed by atoms with E-state index in [1.165, 1.54) is 10.4 Å². The molecule has 174 valence electrons. The van der Waals surface area contributed by atoms with E-state index in [9.17, 15) is 22.8 Å². The Morgan fingerprint density at radius 1 is 1.15 bits per heavy atom. The fourth-order valence-electron chi connectivity index (χ4n) is 4.21. The maximum absolute atomic E-state index is 13.0. The maximum Gasteiger partial charge on any atom is 0.344 e. The number of fused-ring (bicyclic) bond motifs is 1. The Morgan fingerprint density at radius 2 is 1.88 bits per heavy atom. The molecule has 0 spiro atoms. The minimum atomic E-state index is -3.42. The third kappa shape index (κ3) is 4.56. The molecule has 2 aliphatic heterocycles. The molecule has 4 rings (SSSR count). The van der Waals surface area contributed by atoms with Crippen molar-refractivity contribution in [3.8, 4) is 0 Å². The van der Waals surface area contributed by atoms with Crippen LogP contribution in [0, 0.1) is 0 Å². The van der Waals surface area contributed by atoms with Crippen molar-refractivity contribution in [3.05, 3.63) is 65.2 Å². The Morgan fingerprint density at radius 3 is 2.58 bits per heavy atom. The number of nitrogens with zero attached hydrogens (tertiary/aromatic N) is 2. The van der Waals surface area contributed by atoms with Crippen LogP contribution >= 0.6 is 0 Å². The van der Waals surface area contributed by atoms with Gasteiger partial charge in [0.25, 0.3) is 11.8 Å². The van der Waals surface area contributed by atoms with Crippen LogP contribution in [0.3, 0.4) is 0 Å². The van der Waals surface area contributed by atoms with Gasteiger partial charge in [0.2, 0.25) is 10.0 Å². The highest BCUT2D eigenvalue weighted by Gasteiger charge is 2.48. The highest BCUT2D eigenvalue weighted by molar-refractivity contribution is 7.92. The first-order valence-corrected chi connectivity index (χ1v) is 12.6. The molecule has 4 amide bonds. The topological polar surface area (TPSA) is 116 Å². The van der Waals surface area contributed by atoms with Gasteiger partial charge in [-0.2, -0.15) is 5.01 Å². The molecule has 1 unspecified atom stereocenters. The molecule has 2 aromatic rings. The summed E-state index contributed by atoms with van der Waals surface area (Å²) in [5, 5.41) is 3.40. The number of urea groups is 1. The van der Waals surface area contributed by atoms with Crippen LogP contribution in [0.25, 0.3) is 0 Å². The van der Waals surface area contributed by atoms with Gasteiger partial charge in [-0.1, -0.05) is 30.3 Å². The first-order valence-electron chi connectivity index (χ1n) is 10.7. The van der Waals surface area contributed by atoms with Crippen LogP contribution in [0.4, 0.5) is 10.5 Å². The van der Waals surface area contributed by atoms with Gasteiger partial charge in [0, 0.05) is 12.1 Å². The van der Waals surface area contributed by atoms with Crippen molar-refractivity contribution in [2.75, 3.05) is 17.1 Å². The monoisotopic (exact) mass is 470 g/mol. The lowest BCUT2D eigenvalue weighted by molar-refractivity contribution is -0.132. The predicted molar refractivity (Wildman–Crippen MR) is 123 cm³/mol. The normalized spacial score (nSPS) is 20.4. The number of nitrogens with one attached hydrogen (secondary N) is 2. The van der Waals surface area contributed by atoms with E-state index >= 15 is 0 Å². The van der Waals surface area contributed by atoms with Gasteiger partial charge in [-0.25, -0.2) is 13.2 Å². The van der Waals surface area contributed by atoms with E-state index in [-0.39, 0.29) is 5.56 Å². The standard InChI is InChI=1S/C23H26N4O5S/c1-23(13-12-16-7-4-3-5-8-16)21(29)27(22(30)24-23)25-20(28)18-10-11-19-17(15-18)9-6-14-26(19)33(2,31)32/h3-5,7-8,10-11,15H,6,9,12-14H2,1-2H3,(H,24,30)(H,25,28). The second-order valence-corrected chi connectivity index (χ2v) is 10.5. The molecule has 2 aliphatic rings. The summed E-state index contributed by atoms with van der Waals surface area (Å²) in [5.41, 5.74) is 3.82. The van der Waals surface area contributed by atoms with Gasteiger partial charge in [-0.15, -0.1) is 0 Å². The number of carbonyl (C=O) groups is 3. The molecule has 9 nitrogen and oxygen atoms in total. The van der Waals surface area contributed by atoms with Gasteiger partial charge in [-0.05, 0) is 61.9 Å². The lowest BCUT2D eigenvalue weighted by Crippen LogP contribution is -2.49. The van der Waals surface area contributed by atoms with Gasteiger partial charge in [-0.3, -0.25) is 19.3 Å². The molecule has 0 saturated carbocycles. The number of anilines is 1. The summed E-state index contributed by atoms with van der Waals surface area (Å²) < 4.78 is 25.4. The summed E-state index contributed by atoms with van der Waals surface area (Å²) >= 11 is 0. The summed E-state index contributed by atoms with van der Waals surface area (Å²) in [4.78, 5) is 38.3. The second kappa shape index (κ2) is 8.51. The van der Waals surface area contributed by atoms with E-state index < -0.39 is 33.4 Å². The van der Waals surface area contributed by atoms with Crippen LogP contribution in [0.1, 0.15) is 41.3 Å². The Bertz CT molecular complexity index is 1210. The number of hydrogen-bond donors (Lipinski definition) is 2. The molecule has 2 heterocycles. The number of amides is 4. The van der Waals surface area contributed by atoms with Crippen LogP contribution in [0.2, 0.25) is 0 Å². The van der Waals surface area contributed by atoms with E-state index in [2.05, 4.69) is 10.7 Å². The third-order valence-corrected chi connectivity index (χ3v) is 7.23. The fraction of sp³-hybridized carbons (Fsp3) is 0.348. The van der Waals surface area contributed by atoms with Crippen LogP contribution < -0.4 is 15.0 Å². The number of carbonyl (C=O) groups excluding carboxylic acids is 3. The summed E-state index contributed by atoms with van der Waals surface area (Å²) in [6, 6.07) is 13.6. The fourth-order valence-corrected chi connectivity index (χ4v) is 5.20. The number of hydrogen-bond acceptors (Lipinski definition) is 5. The zero-order chi connectivity index (χ0) is 23.8. The van der Waals surface area contributed by atoms with E-state index in [1.54, 1.807) is 19.1 Å².